The molecule has 0 radical (unpaired) electrons. The summed E-state index contributed by atoms with van der Waals surface area (Å²) < 4.78 is 13.0. The van der Waals surface area contributed by atoms with Gasteiger partial charge < -0.3 is 10.0 Å². The molecule has 98 valence electrons. The number of aliphatic hydroxyl groups is 1. The van der Waals surface area contributed by atoms with Gasteiger partial charge >= 0.3 is 0 Å². The van der Waals surface area contributed by atoms with Crippen LogP contribution in [0.3, 0.4) is 0 Å². The highest BCUT2D eigenvalue weighted by atomic mass is 19.1. The lowest BCUT2D eigenvalue weighted by atomic mass is 9.90. The number of halogens is 1. The number of aryl methyl sites for hydroxylation is 1. The summed E-state index contributed by atoms with van der Waals surface area (Å²) >= 11 is 0. The summed E-state index contributed by atoms with van der Waals surface area (Å²) in [6.07, 6.45) is 3.11. The zero-order valence-electron chi connectivity index (χ0n) is 10.5. The van der Waals surface area contributed by atoms with E-state index < -0.39 is 0 Å². The fourth-order valence-electron chi connectivity index (χ4n) is 2.28. The average Bonchev–Trinajstić information content (AvgIpc) is 2.25. The lowest BCUT2D eigenvalue weighted by molar-refractivity contribution is 0.0525. The van der Waals surface area contributed by atoms with E-state index >= 15 is 0 Å². The molecule has 0 saturated heterocycles. The first-order valence-electron chi connectivity index (χ1n) is 6.31. The topological polar surface area (TPSA) is 40.5 Å². The summed E-state index contributed by atoms with van der Waals surface area (Å²) in [5.41, 5.74) is 1.17. The molecule has 1 fully saturated rings. The van der Waals surface area contributed by atoms with E-state index in [1.807, 2.05) is 0 Å². The number of rotatable bonds is 4. The third-order valence-electron chi connectivity index (χ3n) is 3.54. The molecule has 1 aromatic rings. The number of nitrogens with zero attached hydrogens (tertiary/aromatic N) is 1. The van der Waals surface area contributed by atoms with E-state index in [4.69, 9.17) is 5.11 Å². The fraction of sp³-hybridized carbons (Fsp3) is 0.500. The number of hydrogen-bond donors (Lipinski definition) is 1. The van der Waals surface area contributed by atoms with E-state index in [2.05, 4.69) is 0 Å². The maximum absolute atomic E-state index is 13.0. The van der Waals surface area contributed by atoms with Crippen LogP contribution in [0.4, 0.5) is 4.39 Å². The van der Waals surface area contributed by atoms with Gasteiger partial charge in [-0.2, -0.15) is 0 Å². The second-order valence-electron chi connectivity index (χ2n) is 4.77. The van der Waals surface area contributed by atoms with Gasteiger partial charge in [0.2, 0.25) is 0 Å². The Bertz CT molecular complexity index is 443. The van der Waals surface area contributed by atoms with Crippen LogP contribution in [0.5, 0.6) is 0 Å². The molecule has 0 spiro atoms. The molecule has 0 atom stereocenters. The Morgan fingerprint density at radius 2 is 2.22 bits per heavy atom. The van der Waals surface area contributed by atoms with E-state index in [9.17, 15) is 9.18 Å². The van der Waals surface area contributed by atoms with Crippen molar-refractivity contribution in [1.29, 1.82) is 0 Å². The first-order chi connectivity index (χ1) is 8.63. The minimum absolute atomic E-state index is 0.0392. The van der Waals surface area contributed by atoms with Crippen molar-refractivity contribution in [1.82, 2.24) is 4.90 Å². The molecule has 1 aromatic carbocycles. The Morgan fingerprint density at radius 1 is 1.50 bits per heavy atom. The first-order valence-corrected chi connectivity index (χ1v) is 6.31. The maximum Gasteiger partial charge on any atom is 0.254 e. The molecule has 18 heavy (non-hydrogen) atoms. The standard InChI is InChI=1S/C14H18FNO2/c1-10-9-11(15)5-6-13(10)14(18)16(7-8-17)12-3-2-4-12/h5-6,9,12,17H,2-4,7-8H2,1H3. The molecule has 2 rings (SSSR count). The first kappa shape index (κ1) is 13.0. The van der Waals surface area contributed by atoms with Crippen LogP contribution in [0, 0.1) is 12.7 Å². The van der Waals surface area contributed by atoms with Gasteiger partial charge in [0.1, 0.15) is 5.82 Å². The Labute approximate surface area is 106 Å². The van der Waals surface area contributed by atoms with Gasteiger partial charge in [-0.25, -0.2) is 4.39 Å². The van der Waals surface area contributed by atoms with Crippen LogP contribution in [0.15, 0.2) is 18.2 Å². The lowest BCUT2D eigenvalue weighted by Gasteiger charge is -2.37. The third kappa shape index (κ3) is 2.53. The Hall–Kier alpha value is -1.42. The monoisotopic (exact) mass is 251 g/mol. The highest BCUT2D eigenvalue weighted by molar-refractivity contribution is 5.95. The minimum Gasteiger partial charge on any atom is -0.395 e. The van der Waals surface area contributed by atoms with Crippen LogP contribution < -0.4 is 0 Å². The van der Waals surface area contributed by atoms with E-state index in [1.165, 1.54) is 18.2 Å². The average molecular weight is 251 g/mol. The van der Waals surface area contributed by atoms with Gasteiger partial charge in [-0.3, -0.25) is 4.79 Å². The van der Waals surface area contributed by atoms with E-state index in [0.29, 0.717) is 17.7 Å². The summed E-state index contributed by atoms with van der Waals surface area (Å²) in [5.74, 6) is -0.437. The van der Waals surface area contributed by atoms with Gasteiger partial charge in [0.15, 0.2) is 0 Å². The number of hydrogen-bond acceptors (Lipinski definition) is 2. The molecule has 1 saturated carbocycles. The quantitative estimate of drug-likeness (QED) is 0.890. The zero-order valence-corrected chi connectivity index (χ0v) is 10.5. The van der Waals surface area contributed by atoms with Gasteiger partial charge in [0, 0.05) is 18.2 Å². The lowest BCUT2D eigenvalue weighted by Crippen LogP contribution is -2.45. The van der Waals surface area contributed by atoms with Crippen LogP contribution in [-0.4, -0.2) is 35.1 Å². The zero-order chi connectivity index (χ0) is 13.1. The number of carbonyl (C=O) groups is 1. The molecule has 4 heteroatoms. The molecule has 0 aliphatic heterocycles. The second-order valence-corrected chi connectivity index (χ2v) is 4.77. The molecule has 1 aliphatic carbocycles. The number of carbonyl (C=O) groups excluding carboxylic acids is 1. The molecular formula is C14H18FNO2. The van der Waals surface area contributed by atoms with Crippen LogP contribution in [0.1, 0.15) is 35.2 Å². The highest BCUT2D eigenvalue weighted by Gasteiger charge is 2.29. The van der Waals surface area contributed by atoms with Crippen molar-refractivity contribution in [2.75, 3.05) is 13.2 Å². The maximum atomic E-state index is 13.0. The molecule has 1 aliphatic rings. The van der Waals surface area contributed by atoms with E-state index in [0.717, 1.165) is 19.3 Å². The van der Waals surface area contributed by atoms with Gasteiger partial charge in [-0.05, 0) is 49.9 Å². The summed E-state index contributed by atoms with van der Waals surface area (Å²) in [6.45, 7) is 2.04. The molecule has 0 aromatic heterocycles. The van der Waals surface area contributed by atoms with Crippen molar-refractivity contribution >= 4 is 5.91 Å². The Morgan fingerprint density at radius 3 is 2.72 bits per heavy atom. The van der Waals surface area contributed by atoms with Crippen molar-refractivity contribution in [2.24, 2.45) is 0 Å². The SMILES string of the molecule is Cc1cc(F)ccc1C(=O)N(CCO)C1CCC1. The smallest absolute Gasteiger partial charge is 0.254 e. The molecule has 0 unspecified atom stereocenters. The highest BCUT2D eigenvalue weighted by Crippen LogP contribution is 2.26. The fourth-order valence-corrected chi connectivity index (χ4v) is 2.28. The van der Waals surface area contributed by atoms with Gasteiger partial charge in [0.05, 0.1) is 6.61 Å². The molecule has 0 bridgehead atoms. The van der Waals surface area contributed by atoms with Crippen molar-refractivity contribution in [3.63, 3.8) is 0 Å². The van der Waals surface area contributed by atoms with E-state index in [-0.39, 0.29) is 24.4 Å². The number of aliphatic hydroxyl groups excluding tert-OH is 1. The van der Waals surface area contributed by atoms with Gasteiger partial charge in [0.25, 0.3) is 5.91 Å². The predicted molar refractivity (Wildman–Crippen MR) is 66.9 cm³/mol. The van der Waals surface area contributed by atoms with Gasteiger partial charge in [-0.15, -0.1) is 0 Å². The predicted octanol–water partition coefficient (Wildman–Crippen LogP) is 2.12. The summed E-state index contributed by atoms with van der Waals surface area (Å²) in [4.78, 5) is 14.1. The molecule has 1 amide bonds. The Balaban J connectivity index is 2.21. The summed E-state index contributed by atoms with van der Waals surface area (Å²) in [7, 11) is 0. The minimum atomic E-state index is -0.332. The molecule has 0 heterocycles. The second kappa shape index (κ2) is 5.48. The van der Waals surface area contributed by atoms with Crippen LogP contribution in [0.25, 0.3) is 0 Å². The van der Waals surface area contributed by atoms with Crippen LogP contribution >= 0.6 is 0 Å². The van der Waals surface area contributed by atoms with Crippen molar-refractivity contribution < 1.29 is 14.3 Å². The molecular weight excluding hydrogens is 233 g/mol. The van der Waals surface area contributed by atoms with Crippen molar-refractivity contribution in [3.8, 4) is 0 Å². The van der Waals surface area contributed by atoms with Gasteiger partial charge in [-0.1, -0.05) is 0 Å². The molecule has 3 nitrogen and oxygen atoms in total. The number of benzene rings is 1. The molecule has 1 N–H and O–H groups in total. The van der Waals surface area contributed by atoms with Crippen molar-refractivity contribution in [3.05, 3.63) is 35.1 Å². The largest absolute Gasteiger partial charge is 0.395 e. The van der Waals surface area contributed by atoms with Crippen LogP contribution in [-0.2, 0) is 0 Å². The summed E-state index contributed by atoms with van der Waals surface area (Å²) in [6, 6.07) is 4.42. The van der Waals surface area contributed by atoms with Crippen LogP contribution in [0.2, 0.25) is 0 Å². The Kier molecular flexibility index (Phi) is 3.97. The van der Waals surface area contributed by atoms with E-state index in [1.54, 1.807) is 11.8 Å². The summed E-state index contributed by atoms with van der Waals surface area (Å²) in [5, 5.41) is 9.06. The number of amides is 1. The normalized spacial score (nSPS) is 15.3. The third-order valence-corrected chi connectivity index (χ3v) is 3.54. The van der Waals surface area contributed by atoms with Crippen molar-refractivity contribution in [2.45, 2.75) is 32.2 Å².